The molecule has 1 aliphatic rings. The lowest BCUT2D eigenvalue weighted by atomic mass is 10.1. The number of likely N-dealkylation sites (tertiary alicyclic amines) is 1. The number of pyridine rings is 1. The van der Waals surface area contributed by atoms with Gasteiger partial charge in [0.1, 0.15) is 0 Å². The monoisotopic (exact) mass is 260 g/mol. The first-order chi connectivity index (χ1) is 8.50. The molecule has 0 N–H and O–H groups in total. The van der Waals surface area contributed by atoms with E-state index < -0.39 is 11.7 Å². The first-order valence-electron chi connectivity index (χ1n) is 5.83. The predicted octanol–water partition coefficient (Wildman–Crippen LogP) is 2.36. The maximum Gasteiger partial charge on any atom is 0.416 e. The molecule has 1 saturated heterocycles. The quantitative estimate of drug-likeness (QED) is 0.831. The zero-order chi connectivity index (χ0) is 13.2. The molecular weight excluding hydrogens is 245 g/mol. The molecule has 0 atom stereocenters. The van der Waals surface area contributed by atoms with Crippen molar-refractivity contribution in [2.45, 2.75) is 19.0 Å². The van der Waals surface area contributed by atoms with Crippen LogP contribution in [0.3, 0.4) is 0 Å². The summed E-state index contributed by atoms with van der Waals surface area (Å²) in [7, 11) is 1.31. The second-order valence-electron chi connectivity index (χ2n) is 4.33. The highest BCUT2D eigenvalue weighted by Gasteiger charge is 2.34. The SMILES string of the molecule is COc1cc(C(F)(F)F)c(CCN2CCC2)cn1. The van der Waals surface area contributed by atoms with E-state index in [1.165, 1.54) is 13.3 Å². The van der Waals surface area contributed by atoms with Crippen LogP contribution >= 0.6 is 0 Å². The van der Waals surface area contributed by atoms with Crippen LogP contribution in [0.2, 0.25) is 0 Å². The van der Waals surface area contributed by atoms with Gasteiger partial charge in [0, 0.05) is 18.8 Å². The third-order valence-electron chi connectivity index (χ3n) is 3.12. The second kappa shape index (κ2) is 5.14. The molecule has 100 valence electrons. The summed E-state index contributed by atoms with van der Waals surface area (Å²) in [5, 5.41) is 0. The van der Waals surface area contributed by atoms with Crippen molar-refractivity contribution in [2.24, 2.45) is 0 Å². The van der Waals surface area contributed by atoms with E-state index in [2.05, 4.69) is 9.88 Å². The van der Waals surface area contributed by atoms with Crippen LogP contribution in [-0.4, -0.2) is 36.6 Å². The van der Waals surface area contributed by atoms with Crippen LogP contribution in [0.15, 0.2) is 12.3 Å². The van der Waals surface area contributed by atoms with Gasteiger partial charge in [-0.3, -0.25) is 0 Å². The van der Waals surface area contributed by atoms with E-state index in [0.717, 1.165) is 25.6 Å². The number of halogens is 3. The number of alkyl halides is 3. The third-order valence-corrected chi connectivity index (χ3v) is 3.12. The zero-order valence-electron chi connectivity index (χ0n) is 10.1. The molecule has 0 amide bonds. The molecule has 1 aromatic rings. The molecule has 2 heterocycles. The van der Waals surface area contributed by atoms with Crippen molar-refractivity contribution in [2.75, 3.05) is 26.7 Å². The Hall–Kier alpha value is -1.30. The fourth-order valence-corrected chi connectivity index (χ4v) is 1.92. The van der Waals surface area contributed by atoms with Gasteiger partial charge in [-0.25, -0.2) is 4.98 Å². The molecule has 0 radical (unpaired) electrons. The number of aromatic nitrogens is 1. The average molecular weight is 260 g/mol. The van der Waals surface area contributed by atoms with Crippen LogP contribution in [0, 0.1) is 0 Å². The molecule has 1 aromatic heterocycles. The van der Waals surface area contributed by atoms with Gasteiger partial charge in [-0.15, -0.1) is 0 Å². The molecule has 18 heavy (non-hydrogen) atoms. The lowest BCUT2D eigenvalue weighted by Crippen LogP contribution is -2.38. The van der Waals surface area contributed by atoms with Gasteiger partial charge in [-0.05, 0) is 31.5 Å². The molecule has 0 spiro atoms. The van der Waals surface area contributed by atoms with Gasteiger partial charge >= 0.3 is 6.18 Å². The van der Waals surface area contributed by atoms with Gasteiger partial charge in [0.05, 0.1) is 12.7 Å². The molecule has 0 unspecified atom stereocenters. The fraction of sp³-hybridized carbons (Fsp3) is 0.583. The van der Waals surface area contributed by atoms with Gasteiger partial charge < -0.3 is 9.64 Å². The van der Waals surface area contributed by atoms with Crippen LogP contribution in [0.1, 0.15) is 17.5 Å². The Balaban J connectivity index is 2.16. The molecule has 6 heteroatoms. The minimum absolute atomic E-state index is 0.00461. The van der Waals surface area contributed by atoms with Gasteiger partial charge in [-0.2, -0.15) is 13.2 Å². The Morgan fingerprint density at radius 3 is 2.61 bits per heavy atom. The normalized spacial score (nSPS) is 16.4. The van der Waals surface area contributed by atoms with E-state index in [1.54, 1.807) is 0 Å². The zero-order valence-corrected chi connectivity index (χ0v) is 10.1. The summed E-state index contributed by atoms with van der Waals surface area (Å²) in [6.07, 6.45) is -1.60. The average Bonchev–Trinajstić information content (AvgIpc) is 2.26. The molecule has 0 saturated carbocycles. The summed E-state index contributed by atoms with van der Waals surface area (Å²) in [6.45, 7) is 2.60. The first-order valence-corrected chi connectivity index (χ1v) is 5.83. The minimum atomic E-state index is -4.36. The van der Waals surface area contributed by atoms with Gasteiger partial charge in [0.25, 0.3) is 0 Å². The maximum atomic E-state index is 12.9. The van der Waals surface area contributed by atoms with E-state index in [-0.39, 0.29) is 11.4 Å². The van der Waals surface area contributed by atoms with Crippen molar-refractivity contribution in [1.82, 2.24) is 9.88 Å². The molecule has 0 aliphatic carbocycles. The Bertz CT molecular complexity index is 416. The maximum absolute atomic E-state index is 12.9. The van der Waals surface area contributed by atoms with E-state index in [4.69, 9.17) is 4.74 Å². The molecule has 3 nitrogen and oxygen atoms in total. The highest BCUT2D eigenvalue weighted by atomic mass is 19.4. The topological polar surface area (TPSA) is 25.4 Å². The van der Waals surface area contributed by atoms with Gasteiger partial charge in [-0.1, -0.05) is 0 Å². The highest BCUT2D eigenvalue weighted by Crippen LogP contribution is 2.33. The number of rotatable bonds is 4. The summed E-state index contributed by atoms with van der Waals surface area (Å²) in [6, 6.07) is 0.964. The Kier molecular flexibility index (Phi) is 3.75. The van der Waals surface area contributed by atoms with Crippen molar-refractivity contribution in [3.05, 3.63) is 23.4 Å². The van der Waals surface area contributed by atoms with Crippen molar-refractivity contribution >= 4 is 0 Å². The molecular formula is C12H15F3N2O. The number of hydrogen-bond acceptors (Lipinski definition) is 3. The van der Waals surface area contributed by atoms with Crippen molar-refractivity contribution in [1.29, 1.82) is 0 Å². The Morgan fingerprint density at radius 1 is 1.39 bits per heavy atom. The van der Waals surface area contributed by atoms with Gasteiger partial charge in [0.2, 0.25) is 5.88 Å². The molecule has 2 rings (SSSR count). The van der Waals surface area contributed by atoms with Crippen molar-refractivity contribution < 1.29 is 17.9 Å². The summed E-state index contributed by atoms with van der Waals surface area (Å²) >= 11 is 0. The summed E-state index contributed by atoms with van der Waals surface area (Å²) in [5.41, 5.74) is -0.412. The lowest BCUT2D eigenvalue weighted by molar-refractivity contribution is -0.138. The van der Waals surface area contributed by atoms with Crippen LogP contribution in [0.5, 0.6) is 5.88 Å². The van der Waals surface area contributed by atoms with Crippen molar-refractivity contribution in [3.63, 3.8) is 0 Å². The summed E-state index contributed by atoms with van der Waals surface area (Å²) in [4.78, 5) is 5.98. The van der Waals surface area contributed by atoms with Crippen LogP contribution in [0.4, 0.5) is 13.2 Å². The summed E-state index contributed by atoms with van der Waals surface area (Å²) in [5.74, 6) is -0.00461. The largest absolute Gasteiger partial charge is 0.481 e. The predicted molar refractivity (Wildman–Crippen MR) is 60.6 cm³/mol. The van der Waals surface area contributed by atoms with E-state index >= 15 is 0 Å². The van der Waals surface area contributed by atoms with Crippen molar-refractivity contribution in [3.8, 4) is 5.88 Å². The molecule has 0 bridgehead atoms. The minimum Gasteiger partial charge on any atom is -0.481 e. The summed E-state index contributed by atoms with van der Waals surface area (Å²) < 4.78 is 43.4. The molecule has 1 aliphatic heterocycles. The third kappa shape index (κ3) is 2.93. The van der Waals surface area contributed by atoms with Crippen LogP contribution in [-0.2, 0) is 12.6 Å². The number of hydrogen-bond donors (Lipinski definition) is 0. The molecule has 0 aromatic carbocycles. The van der Waals surface area contributed by atoms with E-state index in [1.807, 2.05) is 0 Å². The number of nitrogens with zero attached hydrogens (tertiary/aromatic N) is 2. The van der Waals surface area contributed by atoms with Crippen LogP contribution < -0.4 is 4.74 Å². The number of methoxy groups -OCH3 is 1. The second-order valence-corrected chi connectivity index (χ2v) is 4.33. The van der Waals surface area contributed by atoms with E-state index in [9.17, 15) is 13.2 Å². The Labute approximate surface area is 104 Å². The smallest absolute Gasteiger partial charge is 0.416 e. The Morgan fingerprint density at radius 2 is 2.11 bits per heavy atom. The number of ether oxygens (including phenoxy) is 1. The first kappa shape index (κ1) is 13.1. The fourth-order valence-electron chi connectivity index (χ4n) is 1.92. The highest BCUT2D eigenvalue weighted by molar-refractivity contribution is 5.32. The lowest BCUT2D eigenvalue weighted by Gasteiger charge is -2.30. The standard InChI is InChI=1S/C12H15F3N2O/c1-18-11-7-10(12(13,14)15)9(8-16-11)3-6-17-4-2-5-17/h7-8H,2-6H2,1H3. The van der Waals surface area contributed by atoms with Gasteiger partial charge in [0.15, 0.2) is 0 Å². The van der Waals surface area contributed by atoms with Crippen LogP contribution in [0.25, 0.3) is 0 Å². The van der Waals surface area contributed by atoms with E-state index in [0.29, 0.717) is 13.0 Å². The molecule has 1 fully saturated rings.